The van der Waals surface area contributed by atoms with Crippen LogP contribution in [0, 0.1) is 0 Å². The van der Waals surface area contributed by atoms with Gasteiger partial charge in [-0.3, -0.25) is 0 Å². The molecule has 1 aliphatic heterocycles. The van der Waals surface area contributed by atoms with E-state index in [0.29, 0.717) is 28.8 Å². The van der Waals surface area contributed by atoms with Crippen LogP contribution < -0.4 is 15.4 Å². The van der Waals surface area contributed by atoms with E-state index in [-0.39, 0.29) is 5.75 Å². The molecule has 9 heteroatoms. The van der Waals surface area contributed by atoms with Gasteiger partial charge in [0.05, 0.1) is 17.8 Å². The molecule has 1 saturated heterocycles. The molecular formula is C24H29N5O3S. The van der Waals surface area contributed by atoms with Gasteiger partial charge in [0.15, 0.2) is 9.84 Å². The van der Waals surface area contributed by atoms with Crippen molar-refractivity contribution in [1.29, 1.82) is 0 Å². The zero-order valence-electron chi connectivity index (χ0n) is 18.7. The van der Waals surface area contributed by atoms with Crippen LogP contribution in [0.4, 0.5) is 23.1 Å². The van der Waals surface area contributed by atoms with Crippen LogP contribution >= 0.6 is 0 Å². The summed E-state index contributed by atoms with van der Waals surface area (Å²) >= 11 is 0. The largest absolute Gasteiger partial charge is 0.497 e. The lowest BCUT2D eigenvalue weighted by atomic mass is 10.3. The molecule has 1 fully saturated rings. The third kappa shape index (κ3) is 6.43. The standard InChI is InChI=1S/C24H29N5O3S/c1-32-21-9-5-19(6-10-21)26-23-13-14-25-24(28-23)27-20-7-11-22(12-8-20)33(30,31)18-4-17-29-15-2-3-16-29/h5-14H,2-4,15-18H2,1H3,(H2,25,26,27,28). The van der Waals surface area contributed by atoms with E-state index in [2.05, 4.69) is 25.5 Å². The Hall–Kier alpha value is -3.17. The van der Waals surface area contributed by atoms with Crippen LogP contribution in [0.2, 0.25) is 0 Å². The molecule has 0 amide bonds. The van der Waals surface area contributed by atoms with Crippen LogP contribution in [0.15, 0.2) is 65.7 Å². The molecule has 0 unspecified atom stereocenters. The maximum atomic E-state index is 12.7. The van der Waals surface area contributed by atoms with Crippen LogP contribution in [0.3, 0.4) is 0 Å². The fourth-order valence-electron chi connectivity index (χ4n) is 3.79. The number of hydrogen-bond acceptors (Lipinski definition) is 8. The van der Waals surface area contributed by atoms with Crippen molar-refractivity contribution in [3.8, 4) is 5.75 Å². The van der Waals surface area contributed by atoms with Crippen LogP contribution in [0.5, 0.6) is 5.75 Å². The summed E-state index contributed by atoms with van der Waals surface area (Å²) in [5, 5.41) is 6.34. The average molecular weight is 468 g/mol. The number of sulfone groups is 1. The van der Waals surface area contributed by atoms with Crippen molar-refractivity contribution in [3.05, 3.63) is 60.8 Å². The molecule has 2 heterocycles. The lowest BCUT2D eigenvalue weighted by Crippen LogP contribution is -2.22. The summed E-state index contributed by atoms with van der Waals surface area (Å²) in [6.45, 7) is 3.01. The molecule has 2 N–H and O–H groups in total. The smallest absolute Gasteiger partial charge is 0.229 e. The van der Waals surface area contributed by atoms with Crippen LogP contribution in [0.1, 0.15) is 19.3 Å². The van der Waals surface area contributed by atoms with Gasteiger partial charge in [0.25, 0.3) is 0 Å². The van der Waals surface area contributed by atoms with E-state index in [1.54, 1.807) is 43.6 Å². The first-order valence-electron chi connectivity index (χ1n) is 11.1. The first kappa shape index (κ1) is 23.0. The molecule has 0 saturated carbocycles. The molecule has 4 rings (SSSR count). The van der Waals surface area contributed by atoms with Gasteiger partial charge in [0.2, 0.25) is 5.95 Å². The van der Waals surface area contributed by atoms with Gasteiger partial charge in [-0.2, -0.15) is 4.98 Å². The molecule has 3 aromatic rings. The number of anilines is 4. The summed E-state index contributed by atoms with van der Waals surface area (Å²) in [5.41, 5.74) is 1.59. The number of likely N-dealkylation sites (tertiary alicyclic amines) is 1. The molecule has 0 bridgehead atoms. The lowest BCUT2D eigenvalue weighted by Gasteiger charge is -2.14. The number of benzene rings is 2. The van der Waals surface area contributed by atoms with Gasteiger partial charge in [-0.05, 0) is 93.5 Å². The van der Waals surface area contributed by atoms with Crippen LogP contribution in [-0.2, 0) is 9.84 Å². The Morgan fingerprint density at radius 2 is 1.61 bits per heavy atom. The van der Waals surface area contributed by atoms with E-state index >= 15 is 0 Å². The minimum atomic E-state index is -3.29. The van der Waals surface area contributed by atoms with Crippen molar-refractivity contribution in [3.63, 3.8) is 0 Å². The minimum Gasteiger partial charge on any atom is -0.497 e. The molecule has 8 nitrogen and oxygen atoms in total. The highest BCUT2D eigenvalue weighted by atomic mass is 32.2. The van der Waals surface area contributed by atoms with Gasteiger partial charge in [-0.25, -0.2) is 13.4 Å². The van der Waals surface area contributed by atoms with E-state index in [4.69, 9.17) is 4.74 Å². The highest BCUT2D eigenvalue weighted by molar-refractivity contribution is 7.91. The summed E-state index contributed by atoms with van der Waals surface area (Å²) < 4.78 is 30.5. The second kappa shape index (κ2) is 10.6. The van der Waals surface area contributed by atoms with Gasteiger partial charge in [0, 0.05) is 17.6 Å². The number of nitrogens with zero attached hydrogens (tertiary/aromatic N) is 3. The van der Waals surface area contributed by atoms with Gasteiger partial charge in [0.1, 0.15) is 11.6 Å². The molecule has 0 aliphatic carbocycles. The fraction of sp³-hybridized carbons (Fsp3) is 0.333. The number of rotatable bonds is 10. The van der Waals surface area contributed by atoms with E-state index in [9.17, 15) is 8.42 Å². The normalized spacial score (nSPS) is 14.2. The molecule has 0 radical (unpaired) electrons. The predicted molar refractivity (Wildman–Crippen MR) is 130 cm³/mol. The topological polar surface area (TPSA) is 96.4 Å². The number of nitrogens with one attached hydrogen (secondary N) is 2. The SMILES string of the molecule is COc1ccc(Nc2ccnc(Nc3ccc(S(=O)(=O)CCCN4CCCC4)cc3)n2)cc1. The number of methoxy groups -OCH3 is 1. The Morgan fingerprint density at radius 1 is 0.939 bits per heavy atom. The number of ether oxygens (including phenoxy) is 1. The summed E-state index contributed by atoms with van der Waals surface area (Å²) in [7, 11) is -1.67. The summed E-state index contributed by atoms with van der Waals surface area (Å²) in [6.07, 6.45) is 4.74. The number of aromatic nitrogens is 2. The van der Waals surface area contributed by atoms with Gasteiger partial charge in [-0.1, -0.05) is 0 Å². The van der Waals surface area contributed by atoms with Crippen LogP contribution in [0.25, 0.3) is 0 Å². The van der Waals surface area contributed by atoms with E-state index < -0.39 is 9.84 Å². The van der Waals surface area contributed by atoms with E-state index in [1.807, 2.05) is 24.3 Å². The molecule has 33 heavy (non-hydrogen) atoms. The van der Waals surface area contributed by atoms with Crippen molar-refractivity contribution in [2.45, 2.75) is 24.2 Å². The highest BCUT2D eigenvalue weighted by Gasteiger charge is 2.16. The van der Waals surface area contributed by atoms with Crippen molar-refractivity contribution >= 4 is 33.0 Å². The maximum Gasteiger partial charge on any atom is 0.229 e. The minimum absolute atomic E-state index is 0.165. The summed E-state index contributed by atoms with van der Waals surface area (Å²) in [5.74, 6) is 1.99. The van der Waals surface area contributed by atoms with Crippen LogP contribution in [-0.4, -0.2) is 55.8 Å². The molecule has 0 spiro atoms. The molecule has 0 atom stereocenters. The molecular weight excluding hydrogens is 438 g/mol. The lowest BCUT2D eigenvalue weighted by molar-refractivity contribution is 0.340. The summed E-state index contributed by atoms with van der Waals surface area (Å²) in [4.78, 5) is 11.4. The third-order valence-corrected chi connectivity index (χ3v) is 7.39. The zero-order chi connectivity index (χ0) is 23.1. The van der Waals surface area contributed by atoms with Crippen molar-refractivity contribution < 1.29 is 13.2 Å². The predicted octanol–water partition coefficient (Wildman–Crippen LogP) is 4.23. The van der Waals surface area contributed by atoms with Crippen molar-refractivity contribution in [2.24, 2.45) is 0 Å². The second-order valence-corrected chi connectivity index (χ2v) is 10.1. The monoisotopic (exact) mass is 467 g/mol. The molecule has 174 valence electrons. The Kier molecular flexibility index (Phi) is 7.41. The fourth-order valence-corrected chi connectivity index (χ4v) is 5.08. The van der Waals surface area contributed by atoms with E-state index in [1.165, 1.54) is 12.8 Å². The maximum absolute atomic E-state index is 12.7. The summed E-state index contributed by atoms with van der Waals surface area (Å²) in [6, 6.07) is 16.0. The Bertz CT molecular complexity index is 1150. The zero-order valence-corrected chi connectivity index (χ0v) is 19.5. The Labute approximate surface area is 194 Å². The molecule has 1 aliphatic rings. The molecule has 2 aromatic carbocycles. The highest BCUT2D eigenvalue weighted by Crippen LogP contribution is 2.21. The first-order chi connectivity index (χ1) is 16.0. The second-order valence-electron chi connectivity index (χ2n) is 7.99. The first-order valence-corrected chi connectivity index (χ1v) is 12.7. The average Bonchev–Trinajstić information content (AvgIpc) is 3.34. The Balaban J connectivity index is 1.34. The number of hydrogen-bond donors (Lipinski definition) is 2. The van der Waals surface area contributed by atoms with Gasteiger partial charge in [-0.15, -0.1) is 0 Å². The Morgan fingerprint density at radius 3 is 2.30 bits per heavy atom. The van der Waals surface area contributed by atoms with Crippen molar-refractivity contribution in [2.75, 3.05) is 43.1 Å². The molecule has 1 aromatic heterocycles. The third-order valence-electron chi connectivity index (χ3n) is 5.57. The van der Waals surface area contributed by atoms with Gasteiger partial charge < -0.3 is 20.3 Å². The van der Waals surface area contributed by atoms with Gasteiger partial charge >= 0.3 is 0 Å². The quantitative estimate of drug-likeness (QED) is 0.457. The van der Waals surface area contributed by atoms with E-state index in [0.717, 1.165) is 31.1 Å². The van der Waals surface area contributed by atoms with Crippen molar-refractivity contribution in [1.82, 2.24) is 14.9 Å².